The van der Waals surface area contributed by atoms with E-state index < -0.39 is 5.97 Å². The topological polar surface area (TPSA) is 30.7 Å². The summed E-state index contributed by atoms with van der Waals surface area (Å²) in [6.45, 7) is 9.64. The van der Waals surface area contributed by atoms with Gasteiger partial charge >= 0.3 is 5.97 Å². The Morgan fingerprint density at radius 1 is 1.08 bits per heavy atom. The lowest BCUT2D eigenvalue weighted by molar-refractivity contribution is -0.748. The standard InChI is InChI=1S/C23H21NO2/c1-4-10-18(26-23(25)17(2)3)11-9-16-24-21-14-7-5-12-19(21)20-13-6-8-15-22(20)24/h4-15H,1-2,16H2,3H3/p+1. The lowest BCUT2D eigenvalue weighted by Gasteiger charge is -2.12. The van der Waals surface area contributed by atoms with Gasteiger partial charge in [-0.15, -0.1) is 0 Å². The van der Waals surface area contributed by atoms with Crippen LogP contribution in [0.2, 0.25) is 0 Å². The largest absolute Gasteiger partial charge is 0.423 e. The maximum Gasteiger partial charge on any atom is 0.338 e. The molecule has 1 N–H and O–H groups in total. The Hall–Kier alpha value is -3.17. The lowest BCUT2D eigenvalue weighted by atomic mass is 10.1. The van der Waals surface area contributed by atoms with Crippen molar-refractivity contribution in [3.05, 3.63) is 97.3 Å². The molecule has 0 atom stereocenters. The zero-order valence-electron chi connectivity index (χ0n) is 14.9. The van der Waals surface area contributed by atoms with Gasteiger partial charge < -0.3 is 4.74 Å². The third-order valence-corrected chi connectivity index (χ3v) is 4.24. The first-order valence-corrected chi connectivity index (χ1v) is 8.53. The van der Waals surface area contributed by atoms with E-state index in [1.807, 2.05) is 6.08 Å². The van der Waals surface area contributed by atoms with Crippen LogP contribution in [0.15, 0.2) is 97.3 Å². The Labute approximate surface area is 154 Å². The molecule has 0 radical (unpaired) electrons. The number of carbonyl (C=O) groups excluding carboxylic acids is 1. The summed E-state index contributed by atoms with van der Waals surface area (Å²) in [5.41, 5.74) is 5.41. The van der Waals surface area contributed by atoms with E-state index in [1.54, 1.807) is 25.2 Å². The highest BCUT2D eigenvalue weighted by Crippen LogP contribution is 2.36. The molecule has 3 nitrogen and oxygen atoms in total. The first-order valence-electron chi connectivity index (χ1n) is 8.53. The van der Waals surface area contributed by atoms with Gasteiger partial charge in [-0.05, 0) is 37.3 Å². The molecule has 130 valence electrons. The number of hydrogen-bond acceptors (Lipinski definition) is 2. The van der Waals surface area contributed by atoms with Crippen molar-refractivity contribution in [2.75, 3.05) is 6.54 Å². The van der Waals surface area contributed by atoms with Gasteiger partial charge in [-0.25, -0.2) is 4.79 Å². The van der Waals surface area contributed by atoms with E-state index in [1.165, 1.54) is 27.4 Å². The zero-order chi connectivity index (χ0) is 18.5. The number of para-hydroxylation sites is 2. The smallest absolute Gasteiger partial charge is 0.338 e. The van der Waals surface area contributed by atoms with Gasteiger partial charge in [-0.1, -0.05) is 43.5 Å². The summed E-state index contributed by atoms with van der Waals surface area (Å²) in [6.07, 6.45) is 7.07. The normalized spacial score (nSPS) is 13.3. The molecule has 0 saturated heterocycles. The Balaban J connectivity index is 1.81. The summed E-state index contributed by atoms with van der Waals surface area (Å²) in [7, 11) is 0. The van der Waals surface area contributed by atoms with Gasteiger partial charge in [0.15, 0.2) is 0 Å². The van der Waals surface area contributed by atoms with Crippen molar-refractivity contribution < 1.29 is 14.4 Å². The molecule has 2 aromatic carbocycles. The van der Waals surface area contributed by atoms with E-state index in [9.17, 15) is 4.79 Å². The van der Waals surface area contributed by atoms with E-state index >= 15 is 0 Å². The summed E-state index contributed by atoms with van der Waals surface area (Å²) in [6, 6.07) is 16.9. The molecular weight excluding hydrogens is 322 g/mol. The Bertz CT molecular complexity index is 876. The molecule has 3 heteroatoms. The van der Waals surface area contributed by atoms with Crippen molar-refractivity contribution in [3.8, 4) is 11.1 Å². The average molecular weight is 344 g/mol. The first-order chi connectivity index (χ1) is 12.6. The maximum atomic E-state index is 11.7. The number of benzene rings is 2. The second kappa shape index (κ2) is 7.81. The summed E-state index contributed by atoms with van der Waals surface area (Å²) in [4.78, 5) is 13.0. The monoisotopic (exact) mass is 344 g/mol. The maximum absolute atomic E-state index is 11.7. The minimum Gasteiger partial charge on any atom is -0.423 e. The van der Waals surface area contributed by atoms with Crippen molar-refractivity contribution in [1.29, 1.82) is 0 Å². The van der Waals surface area contributed by atoms with Crippen molar-refractivity contribution in [2.45, 2.75) is 6.92 Å². The highest BCUT2D eigenvalue weighted by molar-refractivity contribution is 5.88. The zero-order valence-corrected chi connectivity index (χ0v) is 14.9. The summed E-state index contributed by atoms with van der Waals surface area (Å²) in [5.74, 6) is 0.0140. The lowest BCUT2D eigenvalue weighted by Crippen LogP contribution is -3.01. The number of nitrogens with one attached hydrogen (secondary N) is 1. The molecule has 0 amide bonds. The summed E-state index contributed by atoms with van der Waals surface area (Å²) in [5, 5.41) is 0. The molecule has 2 aromatic rings. The highest BCUT2D eigenvalue weighted by Gasteiger charge is 2.29. The van der Waals surface area contributed by atoms with Gasteiger partial charge in [0, 0.05) is 28.8 Å². The van der Waals surface area contributed by atoms with Gasteiger partial charge in [0.1, 0.15) is 23.7 Å². The minimum atomic E-state index is -0.438. The van der Waals surface area contributed by atoms with Gasteiger partial charge in [-0.3, -0.25) is 4.90 Å². The number of hydrogen-bond donors (Lipinski definition) is 1. The highest BCUT2D eigenvalue weighted by atomic mass is 16.5. The fourth-order valence-electron chi connectivity index (χ4n) is 3.05. The Kier molecular flexibility index (Phi) is 5.30. The van der Waals surface area contributed by atoms with Gasteiger partial charge in [-0.2, -0.15) is 0 Å². The second-order valence-electron chi connectivity index (χ2n) is 6.15. The van der Waals surface area contributed by atoms with Crippen molar-refractivity contribution in [3.63, 3.8) is 0 Å². The molecule has 0 aliphatic carbocycles. The molecule has 3 rings (SSSR count). The molecule has 0 bridgehead atoms. The quantitative estimate of drug-likeness (QED) is 0.367. The van der Waals surface area contributed by atoms with Gasteiger partial charge in [0.25, 0.3) is 0 Å². The molecule has 0 spiro atoms. The van der Waals surface area contributed by atoms with Crippen LogP contribution in [-0.4, -0.2) is 12.5 Å². The van der Waals surface area contributed by atoms with E-state index in [2.05, 4.69) is 61.7 Å². The SMILES string of the molecule is C=CC=C(C=CC[NH+]1c2ccccc2-c2ccccc21)OC(=O)C(=C)C. The number of esters is 1. The number of rotatable bonds is 6. The average Bonchev–Trinajstić information content (AvgIpc) is 2.96. The van der Waals surface area contributed by atoms with E-state index in [0.29, 0.717) is 11.3 Å². The molecule has 1 heterocycles. The molecule has 0 saturated carbocycles. The predicted octanol–water partition coefficient (Wildman–Crippen LogP) is 4.26. The Morgan fingerprint density at radius 3 is 2.19 bits per heavy atom. The first kappa shape index (κ1) is 17.6. The molecule has 0 aromatic heterocycles. The third kappa shape index (κ3) is 3.58. The number of carbonyl (C=O) groups is 1. The van der Waals surface area contributed by atoms with Gasteiger partial charge in [0.05, 0.1) is 0 Å². The second-order valence-corrected chi connectivity index (χ2v) is 6.15. The van der Waals surface area contributed by atoms with Crippen molar-refractivity contribution in [2.24, 2.45) is 0 Å². The number of quaternary nitrogens is 1. The van der Waals surface area contributed by atoms with E-state index in [-0.39, 0.29) is 0 Å². The van der Waals surface area contributed by atoms with Crippen LogP contribution in [0.4, 0.5) is 11.4 Å². The number of allylic oxidation sites excluding steroid dienone is 3. The third-order valence-electron chi connectivity index (χ3n) is 4.24. The van der Waals surface area contributed by atoms with Gasteiger partial charge in [0.2, 0.25) is 0 Å². The molecular formula is C23H22NO2+. The molecule has 1 aliphatic rings. The molecule has 1 aliphatic heterocycles. The fraction of sp³-hybridized carbons (Fsp3) is 0.0870. The van der Waals surface area contributed by atoms with E-state index in [0.717, 1.165) is 6.54 Å². The van der Waals surface area contributed by atoms with Crippen LogP contribution in [-0.2, 0) is 9.53 Å². The van der Waals surface area contributed by atoms with Crippen LogP contribution in [0.1, 0.15) is 6.92 Å². The van der Waals surface area contributed by atoms with Crippen LogP contribution in [0.25, 0.3) is 11.1 Å². The molecule has 0 fully saturated rings. The van der Waals surface area contributed by atoms with Crippen LogP contribution >= 0.6 is 0 Å². The van der Waals surface area contributed by atoms with Crippen LogP contribution < -0.4 is 4.90 Å². The Morgan fingerprint density at radius 2 is 1.65 bits per heavy atom. The predicted molar refractivity (Wildman–Crippen MR) is 105 cm³/mol. The molecule has 0 unspecified atom stereocenters. The van der Waals surface area contributed by atoms with E-state index in [4.69, 9.17) is 4.74 Å². The number of ether oxygens (including phenoxy) is 1. The van der Waals surface area contributed by atoms with Crippen molar-refractivity contribution in [1.82, 2.24) is 0 Å². The van der Waals surface area contributed by atoms with Crippen LogP contribution in [0, 0.1) is 0 Å². The van der Waals surface area contributed by atoms with Crippen molar-refractivity contribution >= 4 is 17.3 Å². The molecule has 26 heavy (non-hydrogen) atoms. The van der Waals surface area contributed by atoms with Crippen LogP contribution in [0.5, 0.6) is 0 Å². The summed E-state index contributed by atoms with van der Waals surface area (Å²) >= 11 is 0. The summed E-state index contributed by atoms with van der Waals surface area (Å²) < 4.78 is 5.31. The van der Waals surface area contributed by atoms with Crippen LogP contribution in [0.3, 0.4) is 0 Å². The minimum absolute atomic E-state index is 0.362. The number of fused-ring (bicyclic) bond motifs is 3. The fourth-order valence-corrected chi connectivity index (χ4v) is 3.05.